The van der Waals surface area contributed by atoms with E-state index in [9.17, 15) is 4.79 Å². The molecule has 1 saturated carbocycles. The molecule has 0 saturated heterocycles. The van der Waals surface area contributed by atoms with Gasteiger partial charge in [0, 0.05) is 6.07 Å². The van der Waals surface area contributed by atoms with Gasteiger partial charge in [-0.15, -0.1) is 0 Å². The average molecular weight is 246 g/mol. The second-order valence-corrected chi connectivity index (χ2v) is 5.18. The highest BCUT2D eigenvalue weighted by atomic mass is 16.5. The Bertz CT molecular complexity index is 473. The number of hydrogen-bond donors (Lipinski definition) is 0. The van der Waals surface area contributed by atoms with E-state index in [1.165, 1.54) is 0 Å². The minimum atomic E-state index is -0.227. The van der Waals surface area contributed by atoms with E-state index in [0.29, 0.717) is 24.3 Å². The lowest BCUT2D eigenvalue weighted by atomic mass is 9.88. The van der Waals surface area contributed by atoms with Gasteiger partial charge in [-0.1, -0.05) is 0 Å². The molecule has 0 unspecified atom stereocenters. The summed E-state index contributed by atoms with van der Waals surface area (Å²) in [5, 5.41) is 0. The topological polar surface area (TPSA) is 35.5 Å². The molecule has 0 bridgehead atoms. The van der Waals surface area contributed by atoms with Crippen molar-refractivity contribution in [3.05, 3.63) is 23.8 Å². The van der Waals surface area contributed by atoms with Crippen molar-refractivity contribution in [3.8, 4) is 11.5 Å². The highest BCUT2D eigenvalue weighted by Crippen LogP contribution is 2.43. The zero-order valence-corrected chi connectivity index (χ0v) is 10.7. The van der Waals surface area contributed by atoms with Gasteiger partial charge in [-0.2, -0.15) is 0 Å². The minimum absolute atomic E-state index is 0.209. The van der Waals surface area contributed by atoms with Crippen LogP contribution in [0.25, 0.3) is 0 Å². The minimum Gasteiger partial charge on any atom is -0.494 e. The molecule has 3 rings (SSSR count). The van der Waals surface area contributed by atoms with Crippen molar-refractivity contribution < 1.29 is 14.3 Å². The predicted molar refractivity (Wildman–Crippen MR) is 68.4 cm³/mol. The molecule has 1 aliphatic heterocycles. The third kappa shape index (κ3) is 1.88. The molecule has 1 aromatic carbocycles. The van der Waals surface area contributed by atoms with Crippen molar-refractivity contribution in [2.45, 2.75) is 44.6 Å². The maximum absolute atomic E-state index is 12.2. The Kier molecular flexibility index (Phi) is 2.77. The Balaban J connectivity index is 1.95. The van der Waals surface area contributed by atoms with E-state index in [-0.39, 0.29) is 11.4 Å². The summed E-state index contributed by atoms with van der Waals surface area (Å²) < 4.78 is 11.6. The molecular formula is C15H18O3. The third-order valence-corrected chi connectivity index (χ3v) is 3.89. The van der Waals surface area contributed by atoms with Crippen LogP contribution in [-0.2, 0) is 0 Å². The lowest BCUT2D eigenvalue weighted by Gasteiger charge is -2.34. The van der Waals surface area contributed by atoms with E-state index >= 15 is 0 Å². The van der Waals surface area contributed by atoms with E-state index in [1.54, 1.807) is 0 Å². The highest BCUT2D eigenvalue weighted by Gasteiger charge is 2.42. The van der Waals surface area contributed by atoms with Crippen LogP contribution < -0.4 is 9.47 Å². The van der Waals surface area contributed by atoms with Gasteiger partial charge in [0.2, 0.25) is 0 Å². The summed E-state index contributed by atoms with van der Waals surface area (Å²) in [5.41, 5.74) is 0.477. The zero-order chi connectivity index (χ0) is 12.6. The number of benzene rings is 1. The van der Waals surface area contributed by atoms with Crippen LogP contribution in [0.4, 0.5) is 0 Å². The second-order valence-electron chi connectivity index (χ2n) is 5.18. The van der Waals surface area contributed by atoms with Crippen molar-refractivity contribution in [2.24, 2.45) is 0 Å². The molecule has 96 valence electrons. The van der Waals surface area contributed by atoms with Gasteiger partial charge in [0.05, 0.1) is 18.6 Å². The summed E-state index contributed by atoms with van der Waals surface area (Å²) in [6, 6.07) is 5.52. The number of ether oxygens (including phenoxy) is 2. The first-order valence-electron chi connectivity index (χ1n) is 6.71. The molecule has 0 radical (unpaired) electrons. The summed E-state index contributed by atoms with van der Waals surface area (Å²) in [7, 11) is 0. The Hall–Kier alpha value is -1.51. The van der Waals surface area contributed by atoms with E-state index in [0.717, 1.165) is 31.4 Å². The van der Waals surface area contributed by atoms with Crippen LogP contribution in [-0.4, -0.2) is 18.0 Å². The van der Waals surface area contributed by atoms with E-state index in [1.807, 2.05) is 25.1 Å². The Labute approximate surface area is 107 Å². The van der Waals surface area contributed by atoms with Gasteiger partial charge in [0.15, 0.2) is 5.78 Å². The molecule has 0 aromatic heterocycles. The van der Waals surface area contributed by atoms with Crippen molar-refractivity contribution in [3.63, 3.8) is 0 Å². The maximum atomic E-state index is 12.2. The molecular weight excluding hydrogens is 228 g/mol. The Morgan fingerprint density at radius 1 is 1.33 bits per heavy atom. The van der Waals surface area contributed by atoms with Gasteiger partial charge in [0.25, 0.3) is 0 Å². The number of hydrogen-bond acceptors (Lipinski definition) is 3. The normalized spacial score (nSPS) is 20.6. The van der Waals surface area contributed by atoms with Crippen molar-refractivity contribution in [1.82, 2.24) is 0 Å². The number of rotatable bonds is 2. The van der Waals surface area contributed by atoms with Crippen LogP contribution in [0.5, 0.6) is 11.5 Å². The fourth-order valence-electron chi connectivity index (χ4n) is 3.03. The third-order valence-electron chi connectivity index (χ3n) is 3.89. The molecule has 1 heterocycles. The molecule has 3 nitrogen and oxygen atoms in total. The van der Waals surface area contributed by atoms with Gasteiger partial charge in [0.1, 0.15) is 17.1 Å². The quantitative estimate of drug-likeness (QED) is 0.802. The summed E-state index contributed by atoms with van der Waals surface area (Å²) >= 11 is 0. The van der Waals surface area contributed by atoms with Crippen LogP contribution in [0.1, 0.15) is 49.4 Å². The molecule has 0 N–H and O–H groups in total. The predicted octanol–water partition coefficient (Wildman–Crippen LogP) is 3.36. The smallest absolute Gasteiger partial charge is 0.170 e. The maximum Gasteiger partial charge on any atom is 0.170 e. The first-order valence-corrected chi connectivity index (χ1v) is 6.71. The number of carbonyl (C=O) groups is 1. The van der Waals surface area contributed by atoms with Gasteiger partial charge < -0.3 is 9.47 Å². The first-order chi connectivity index (χ1) is 8.72. The fourth-order valence-corrected chi connectivity index (χ4v) is 3.03. The Morgan fingerprint density at radius 3 is 2.83 bits per heavy atom. The monoisotopic (exact) mass is 246 g/mol. The largest absolute Gasteiger partial charge is 0.494 e. The molecule has 18 heavy (non-hydrogen) atoms. The number of fused-ring (bicyclic) bond motifs is 1. The van der Waals surface area contributed by atoms with E-state index in [4.69, 9.17) is 9.47 Å². The molecule has 1 fully saturated rings. The molecule has 1 aromatic rings. The summed E-state index contributed by atoms with van der Waals surface area (Å²) in [6.07, 6.45) is 4.85. The molecule has 2 aliphatic rings. The average Bonchev–Trinajstić information content (AvgIpc) is 2.77. The lowest BCUT2D eigenvalue weighted by Crippen LogP contribution is -2.39. The van der Waals surface area contributed by atoms with Crippen LogP contribution in [0.15, 0.2) is 18.2 Å². The number of ketones is 1. The SMILES string of the molecule is CCOc1ccc2c(c1)OC1(CCCC1)CC2=O. The first kappa shape index (κ1) is 11.6. The van der Waals surface area contributed by atoms with E-state index in [2.05, 4.69) is 0 Å². The van der Waals surface area contributed by atoms with Crippen molar-refractivity contribution in [2.75, 3.05) is 6.61 Å². The standard InChI is InChI=1S/C15H18O3/c1-2-17-11-5-6-12-13(16)10-15(7-3-4-8-15)18-14(12)9-11/h5-6,9H,2-4,7-8,10H2,1H3. The van der Waals surface area contributed by atoms with Gasteiger partial charge in [-0.25, -0.2) is 0 Å². The number of Topliss-reactive ketones (excluding diaryl/α,β-unsaturated/α-hetero) is 1. The Morgan fingerprint density at radius 2 is 2.11 bits per heavy atom. The summed E-state index contributed by atoms with van der Waals surface area (Å²) in [5.74, 6) is 1.69. The highest BCUT2D eigenvalue weighted by molar-refractivity contribution is 6.00. The summed E-state index contributed by atoms with van der Waals surface area (Å²) in [4.78, 5) is 12.2. The fraction of sp³-hybridized carbons (Fsp3) is 0.533. The lowest BCUT2D eigenvalue weighted by molar-refractivity contribution is 0.0449. The molecule has 0 atom stereocenters. The van der Waals surface area contributed by atoms with Crippen LogP contribution in [0, 0.1) is 0 Å². The molecule has 1 aliphatic carbocycles. The van der Waals surface area contributed by atoms with Crippen LogP contribution in [0.2, 0.25) is 0 Å². The summed E-state index contributed by atoms with van der Waals surface area (Å²) in [6.45, 7) is 2.57. The van der Waals surface area contributed by atoms with Gasteiger partial charge >= 0.3 is 0 Å². The van der Waals surface area contributed by atoms with Crippen molar-refractivity contribution >= 4 is 5.78 Å². The van der Waals surface area contributed by atoms with Crippen LogP contribution >= 0.6 is 0 Å². The molecule has 1 spiro atoms. The zero-order valence-electron chi connectivity index (χ0n) is 10.7. The van der Waals surface area contributed by atoms with Gasteiger partial charge in [-0.3, -0.25) is 4.79 Å². The van der Waals surface area contributed by atoms with Crippen LogP contribution in [0.3, 0.4) is 0 Å². The van der Waals surface area contributed by atoms with Crippen molar-refractivity contribution in [1.29, 1.82) is 0 Å². The number of carbonyl (C=O) groups excluding carboxylic acids is 1. The molecule has 3 heteroatoms. The van der Waals surface area contributed by atoms with E-state index < -0.39 is 0 Å². The van der Waals surface area contributed by atoms with Gasteiger partial charge in [-0.05, 0) is 44.7 Å². The molecule has 0 amide bonds. The second kappa shape index (κ2) is 4.30.